The maximum atomic E-state index is 12.4. The highest BCUT2D eigenvalue weighted by molar-refractivity contribution is 6.31. The Labute approximate surface area is 107 Å². The van der Waals surface area contributed by atoms with Crippen LogP contribution in [0.2, 0.25) is 5.02 Å². The zero-order valence-corrected chi connectivity index (χ0v) is 9.89. The molecule has 0 bridgehead atoms. The van der Waals surface area contributed by atoms with Crippen LogP contribution in [0.3, 0.4) is 0 Å². The van der Waals surface area contributed by atoms with Crippen LogP contribution in [0, 0.1) is 0 Å². The maximum absolute atomic E-state index is 12.4. The van der Waals surface area contributed by atoms with Crippen LogP contribution in [0.25, 0.3) is 11.1 Å². The van der Waals surface area contributed by atoms with Crippen molar-refractivity contribution in [2.24, 2.45) is 0 Å². The van der Waals surface area contributed by atoms with Gasteiger partial charge in [-0.1, -0.05) is 29.8 Å². The molecule has 0 saturated heterocycles. The zero-order valence-electron chi connectivity index (χ0n) is 9.13. The Morgan fingerprint density at radius 2 is 1.56 bits per heavy atom. The second-order valence-electron chi connectivity index (χ2n) is 3.81. The van der Waals surface area contributed by atoms with Crippen LogP contribution in [0.5, 0.6) is 0 Å². The van der Waals surface area contributed by atoms with Crippen LogP contribution in [-0.4, -0.2) is 0 Å². The Bertz CT molecular complexity index is 561. The normalized spacial score (nSPS) is 11.6. The van der Waals surface area contributed by atoms with Crippen molar-refractivity contribution in [2.45, 2.75) is 6.18 Å². The molecule has 5 heteroatoms. The summed E-state index contributed by atoms with van der Waals surface area (Å²) in [6.45, 7) is 0. The Kier molecular flexibility index (Phi) is 3.22. The van der Waals surface area contributed by atoms with Crippen LogP contribution in [0.1, 0.15) is 5.56 Å². The summed E-state index contributed by atoms with van der Waals surface area (Å²) >= 11 is 5.76. The first-order valence-corrected chi connectivity index (χ1v) is 5.48. The third kappa shape index (κ3) is 2.59. The fourth-order valence-corrected chi connectivity index (χ4v) is 1.82. The number of hydrogen-bond acceptors (Lipinski definition) is 1. The Morgan fingerprint density at radius 3 is 2.06 bits per heavy atom. The molecule has 0 aromatic heterocycles. The van der Waals surface area contributed by atoms with E-state index in [1.54, 1.807) is 18.2 Å². The lowest BCUT2D eigenvalue weighted by Crippen LogP contribution is -2.04. The molecule has 0 aliphatic carbocycles. The predicted molar refractivity (Wildman–Crippen MR) is 66.3 cm³/mol. The van der Waals surface area contributed by atoms with Gasteiger partial charge in [0.2, 0.25) is 0 Å². The molecular weight excluding hydrogens is 263 g/mol. The van der Waals surface area contributed by atoms with Gasteiger partial charge < -0.3 is 5.73 Å². The van der Waals surface area contributed by atoms with Crippen LogP contribution in [-0.2, 0) is 6.18 Å². The monoisotopic (exact) mass is 271 g/mol. The molecule has 1 nitrogen and oxygen atoms in total. The third-order valence-electron chi connectivity index (χ3n) is 2.54. The average molecular weight is 272 g/mol. The van der Waals surface area contributed by atoms with Gasteiger partial charge in [0.1, 0.15) is 0 Å². The minimum absolute atomic E-state index is 0.433. The molecule has 2 aromatic rings. The van der Waals surface area contributed by atoms with Crippen molar-refractivity contribution in [3.05, 3.63) is 53.1 Å². The molecule has 0 aliphatic heterocycles. The lowest BCUT2D eigenvalue weighted by Gasteiger charge is -2.09. The second kappa shape index (κ2) is 4.53. The molecule has 2 aromatic carbocycles. The topological polar surface area (TPSA) is 26.0 Å². The van der Waals surface area contributed by atoms with Crippen LogP contribution in [0.4, 0.5) is 18.9 Å². The first-order valence-electron chi connectivity index (χ1n) is 5.10. The molecule has 0 heterocycles. The number of anilines is 1. The number of benzene rings is 2. The molecule has 0 fully saturated rings. The van der Waals surface area contributed by atoms with Gasteiger partial charge in [-0.25, -0.2) is 0 Å². The van der Waals surface area contributed by atoms with E-state index in [0.717, 1.165) is 12.1 Å². The van der Waals surface area contributed by atoms with Crippen molar-refractivity contribution in [3.8, 4) is 11.1 Å². The largest absolute Gasteiger partial charge is 0.416 e. The minimum Gasteiger partial charge on any atom is -0.398 e. The summed E-state index contributed by atoms with van der Waals surface area (Å²) in [5.41, 5.74) is 6.80. The molecular formula is C13H9ClF3N. The number of nitrogens with two attached hydrogens (primary N) is 1. The van der Waals surface area contributed by atoms with E-state index >= 15 is 0 Å². The van der Waals surface area contributed by atoms with Crippen LogP contribution >= 0.6 is 11.6 Å². The first-order chi connectivity index (χ1) is 8.38. The maximum Gasteiger partial charge on any atom is 0.416 e. The van der Waals surface area contributed by atoms with Crippen LogP contribution < -0.4 is 5.73 Å². The molecule has 0 atom stereocenters. The molecule has 2 rings (SSSR count). The summed E-state index contributed by atoms with van der Waals surface area (Å²) in [5.74, 6) is 0. The van der Waals surface area contributed by atoms with Gasteiger partial charge in [-0.3, -0.25) is 0 Å². The van der Waals surface area contributed by atoms with E-state index in [9.17, 15) is 13.2 Å². The number of nitrogen functional groups attached to an aromatic ring is 1. The molecule has 0 amide bonds. The van der Waals surface area contributed by atoms with E-state index in [1.165, 1.54) is 12.1 Å². The van der Waals surface area contributed by atoms with E-state index in [-0.39, 0.29) is 0 Å². The molecule has 2 N–H and O–H groups in total. The van der Waals surface area contributed by atoms with Gasteiger partial charge >= 0.3 is 6.18 Å². The van der Waals surface area contributed by atoms with Gasteiger partial charge in [0.05, 0.1) is 5.56 Å². The van der Waals surface area contributed by atoms with Crippen molar-refractivity contribution in [1.82, 2.24) is 0 Å². The molecule has 0 aliphatic rings. The highest BCUT2D eigenvalue weighted by Crippen LogP contribution is 2.33. The first kappa shape index (κ1) is 12.8. The fraction of sp³-hybridized carbons (Fsp3) is 0.0769. The number of halogens is 4. The van der Waals surface area contributed by atoms with Crippen LogP contribution in [0.15, 0.2) is 42.5 Å². The minimum atomic E-state index is -4.33. The Morgan fingerprint density at radius 1 is 0.944 bits per heavy atom. The van der Waals surface area contributed by atoms with Gasteiger partial charge in [-0.05, 0) is 29.8 Å². The van der Waals surface area contributed by atoms with Gasteiger partial charge in [-0.2, -0.15) is 13.2 Å². The predicted octanol–water partition coefficient (Wildman–Crippen LogP) is 4.61. The van der Waals surface area contributed by atoms with E-state index in [0.29, 0.717) is 21.8 Å². The molecule has 0 spiro atoms. The third-order valence-corrected chi connectivity index (χ3v) is 2.77. The summed E-state index contributed by atoms with van der Waals surface area (Å²) in [6, 6.07) is 9.73. The lowest BCUT2D eigenvalue weighted by molar-refractivity contribution is -0.137. The zero-order chi connectivity index (χ0) is 13.3. The highest BCUT2D eigenvalue weighted by atomic mass is 35.5. The summed E-state index contributed by atoms with van der Waals surface area (Å²) in [5, 5.41) is 0.489. The molecule has 94 valence electrons. The highest BCUT2D eigenvalue weighted by Gasteiger charge is 2.29. The lowest BCUT2D eigenvalue weighted by atomic mass is 10.0. The van der Waals surface area contributed by atoms with Crippen molar-refractivity contribution in [3.63, 3.8) is 0 Å². The van der Waals surface area contributed by atoms with Gasteiger partial charge in [0.25, 0.3) is 0 Å². The van der Waals surface area contributed by atoms with Gasteiger partial charge in [-0.15, -0.1) is 0 Å². The summed E-state index contributed by atoms with van der Waals surface area (Å²) in [7, 11) is 0. The standard InChI is InChI=1S/C13H9ClF3N/c14-10-5-6-11(12(18)7-10)8-1-3-9(4-2-8)13(15,16)17/h1-7H,18H2. The average Bonchev–Trinajstić information content (AvgIpc) is 2.28. The Balaban J connectivity index is 2.41. The van der Waals surface area contributed by atoms with Gasteiger partial charge in [0.15, 0.2) is 0 Å². The SMILES string of the molecule is Nc1cc(Cl)ccc1-c1ccc(C(F)(F)F)cc1. The van der Waals surface area contributed by atoms with E-state index in [1.807, 2.05) is 0 Å². The molecule has 0 unspecified atom stereocenters. The number of hydrogen-bond donors (Lipinski definition) is 1. The van der Waals surface area contributed by atoms with Crippen molar-refractivity contribution in [1.29, 1.82) is 0 Å². The summed E-state index contributed by atoms with van der Waals surface area (Å²) < 4.78 is 37.2. The van der Waals surface area contributed by atoms with Crippen molar-refractivity contribution in [2.75, 3.05) is 5.73 Å². The molecule has 0 saturated carbocycles. The smallest absolute Gasteiger partial charge is 0.398 e. The fourth-order valence-electron chi connectivity index (χ4n) is 1.64. The number of alkyl halides is 3. The van der Waals surface area contributed by atoms with Gasteiger partial charge in [0, 0.05) is 16.3 Å². The molecule has 0 radical (unpaired) electrons. The summed E-state index contributed by atoms with van der Waals surface area (Å²) in [6.07, 6.45) is -4.33. The van der Waals surface area contributed by atoms with E-state index in [4.69, 9.17) is 17.3 Å². The quantitative estimate of drug-likeness (QED) is 0.753. The van der Waals surface area contributed by atoms with Crippen molar-refractivity contribution < 1.29 is 13.2 Å². The van der Waals surface area contributed by atoms with Crippen molar-refractivity contribution >= 4 is 17.3 Å². The Hall–Kier alpha value is -1.68. The van der Waals surface area contributed by atoms with E-state index in [2.05, 4.69) is 0 Å². The molecule has 18 heavy (non-hydrogen) atoms. The number of rotatable bonds is 1. The summed E-state index contributed by atoms with van der Waals surface area (Å²) in [4.78, 5) is 0. The second-order valence-corrected chi connectivity index (χ2v) is 4.24. The van der Waals surface area contributed by atoms with E-state index < -0.39 is 11.7 Å².